The molecule has 0 amide bonds. The summed E-state index contributed by atoms with van der Waals surface area (Å²) in [5, 5.41) is 7.51. The summed E-state index contributed by atoms with van der Waals surface area (Å²) in [5.41, 5.74) is 6.64. The number of aryl methyl sites for hydroxylation is 1. The van der Waals surface area contributed by atoms with Crippen molar-refractivity contribution in [3.63, 3.8) is 0 Å². The zero-order valence-electron chi connectivity index (χ0n) is 19.6. The molecule has 2 heterocycles. The van der Waals surface area contributed by atoms with Crippen molar-refractivity contribution in [2.75, 3.05) is 12.4 Å². The van der Waals surface area contributed by atoms with Crippen LogP contribution >= 0.6 is 0 Å². The molecule has 0 saturated carbocycles. The first-order chi connectivity index (χ1) is 17.0. The van der Waals surface area contributed by atoms with E-state index in [-0.39, 0.29) is 4.90 Å². The molecule has 6 nitrogen and oxygen atoms in total. The van der Waals surface area contributed by atoms with Crippen molar-refractivity contribution < 1.29 is 8.42 Å². The Morgan fingerprint density at radius 1 is 0.914 bits per heavy atom. The van der Waals surface area contributed by atoms with Gasteiger partial charge in [-0.05, 0) is 66.6 Å². The van der Waals surface area contributed by atoms with E-state index in [4.69, 9.17) is 0 Å². The third-order valence-electron chi connectivity index (χ3n) is 6.04. The second kappa shape index (κ2) is 9.37. The average Bonchev–Trinajstić information content (AvgIpc) is 3.25. The summed E-state index contributed by atoms with van der Waals surface area (Å²) in [6, 6.07) is 25.6. The first kappa shape index (κ1) is 22.8. The van der Waals surface area contributed by atoms with Gasteiger partial charge in [-0.2, -0.15) is 0 Å². The van der Waals surface area contributed by atoms with Gasteiger partial charge in [0.05, 0.1) is 5.52 Å². The van der Waals surface area contributed by atoms with E-state index in [1.165, 1.54) is 10.2 Å². The van der Waals surface area contributed by atoms with Crippen LogP contribution in [0.15, 0.2) is 102 Å². The van der Waals surface area contributed by atoms with Crippen LogP contribution in [0, 0.1) is 6.92 Å². The van der Waals surface area contributed by atoms with Crippen molar-refractivity contribution in [3.8, 4) is 11.1 Å². The van der Waals surface area contributed by atoms with Gasteiger partial charge in [-0.3, -0.25) is 4.98 Å². The molecule has 0 atom stereocenters. The summed E-state index contributed by atoms with van der Waals surface area (Å²) in [7, 11) is -1.96. The van der Waals surface area contributed by atoms with Crippen LogP contribution in [0.1, 0.15) is 11.1 Å². The van der Waals surface area contributed by atoms with Gasteiger partial charge in [-0.15, -0.1) is 0 Å². The second-order valence-electron chi connectivity index (χ2n) is 8.43. The number of hydrogen-bond acceptors (Lipinski definition) is 5. The predicted octanol–water partition coefficient (Wildman–Crippen LogP) is 5.71. The first-order valence-electron chi connectivity index (χ1n) is 11.3. The Hall–Kier alpha value is -3.94. The molecule has 0 fully saturated rings. The van der Waals surface area contributed by atoms with Crippen LogP contribution in [0.3, 0.4) is 0 Å². The number of pyridine rings is 1. The quantitative estimate of drug-likeness (QED) is 0.311. The van der Waals surface area contributed by atoms with E-state index in [2.05, 4.69) is 52.9 Å². The van der Waals surface area contributed by atoms with Crippen LogP contribution < -0.4 is 10.6 Å². The van der Waals surface area contributed by atoms with Crippen molar-refractivity contribution in [3.05, 3.63) is 109 Å². The number of nitrogens with zero attached hydrogens (tertiary/aromatic N) is 2. The van der Waals surface area contributed by atoms with Gasteiger partial charge in [0.2, 0.25) is 0 Å². The summed E-state index contributed by atoms with van der Waals surface area (Å²) in [6.07, 6.45) is 4.63. The molecular formula is C28H26N4O2S. The molecule has 0 aliphatic carbocycles. The Bertz CT molecular complexity index is 1590. The van der Waals surface area contributed by atoms with E-state index in [1.54, 1.807) is 24.5 Å². The topological polar surface area (TPSA) is 76.0 Å². The standard InChI is InChI=1S/C28H26N4O2S/c1-20-10-11-22(21-7-4-3-5-8-21)15-27(20)31-24-12-13-26-23(17-29-2)19-32(28(26)16-24)35(33,34)25-9-6-14-30-18-25/h3-16,18-19,29,31H,17H2,1-2H3. The minimum absolute atomic E-state index is 0.151. The summed E-state index contributed by atoms with van der Waals surface area (Å²) in [5.74, 6) is 0. The molecule has 0 radical (unpaired) electrons. The Morgan fingerprint density at radius 3 is 2.49 bits per heavy atom. The van der Waals surface area contributed by atoms with E-state index >= 15 is 0 Å². The van der Waals surface area contributed by atoms with Gasteiger partial charge in [-0.25, -0.2) is 12.4 Å². The number of rotatable bonds is 7. The smallest absolute Gasteiger partial charge is 0.269 e. The lowest BCUT2D eigenvalue weighted by Crippen LogP contribution is -2.12. The van der Waals surface area contributed by atoms with Gasteiger partial charge in [0.1, 0.15) is 4.90 Å². The molecule has 2 aromatic heterocycles. The lowest BCUT2D eigenvalue weighted by atomic mass is 10.0. The molecule has 0 spiro atoms. The van der Waals surface area contributed by atoms with Crippen molar-refractivity contribution in [2.24, 2.45) is 0 Å². The van der Waals surface area contributed by atoms with Crippen LogP contribution in [-0.2, 0) is 16.6 Å². The van der Waals surface area contributed by atoms with Crippen LogP contribution in [-0.4, -0.2) is 24.4 Å². The minimum atomic E-state index is -3.80. The molecule has 0 aliphatic rings. The molecule has 0 saturated heterocycles. The summed E-state index contributed by atoms with van der Waals surface area (Å²) in [6.45, 7) is 2.60. The highest BCUT2D eigenvalue weighted by atomic mass is 32.2. The van der Waals surface area contributed by atoms with Crippen molar-refractivity contribution in [1.29, 1.82) is 0 Å². The molecule has 176 valence electrons. The third-order valence-corrected chi connectivity index (χ3v) is 7.69. The van der Waals surface area contributed by atoms with Gasteiger partial charge in [0.25, 0.3) is 10.0 Å². The molecule has 3 aromatic carbocycles. The maximum atomic E-state index is 13.5. The molecule has 2 N–H and O–H groups in total. The first-order valence-corrected chi connectivity index (χ1v) is 12.8. The van der Waals surface area contributed by atoms with E-state index in [0.29, 0.717) is 12.1 Å². The number of benzene rings is 3. The van der Waals surface area contributed by atoms with Crippen LogP contribution in [0.25, 0.3) is 22.0 Å². The number of anilines is 2. The SMILES string of the molecule is CNCc1cn(S(=O)(=O)c2cccnc2)c2cc(Nc3cc(-c4ccccc4)ccc3C)ccc12. The van der Waals surface area contributed by atoms with Crippen molar-refractivity contribution in [2.45, 2.75) is 18.4 Å². The lowest BCUT2D eigenvalue weighted by Gasteiger charge is -2.13. The van der Waals surface area contributed by atoms with Gasteiger partial charge < -0.3 is 10.6 Å². The largest absolute Gasteiger partial charge is 0.355 e. The van der Waals surface area contributed by atoms with Crippen LogP contribution in [0.2, 0.25) is 0 Å². The number of hydrogen-bond donors (Lipinski definition) is 2. The average molecular weight is 483 g/mol. The molecule has 35 heavy (non-hydrogen) atoms. The molecule has 0 aliphatic heterocycles. The molecule has 5 rings (SSSR count). The van der Waals surface area contributed by atoms with Gasteiger partial charge in [0.15, 0.2) is 0 Å². The zero-order valence-corrected chi connectivity index (χ0v) is 20.4. The molecule has 7 heteroatoms. The lowest BCUT2D eigenvalue weighted by molar-refractivity contribution is 0.588. The maximum Gasteiger partial charge on any atom is 0.269 e. The van der Waals surface area contributed by atoms with Gasteiger partial charge in [0, 0.05) is 41.9 Å². The summed E-state index contributed by atoms with van der Waals surface area (Å²) in [4.78, 5) is 4.15. The highest BCUT2D eigenvalue weighted by Crippen LogP contribution is 2.32. The fourth-order valence-electron chi connectivity index (χ4n) is 4.21. The fourth-order valence-corrected chi connectivity index (χ4v) is 5.56. The number of nitrogens with one attached hydrogen (secondary N) is 2. The van der Waals surface area contributed by atoms with E-state index in [1.807, 2.05) is 43.4 Å². The number of fused-ring (bicyclic) bond motifs is 1. The minimum Gasteiger partial charge on any atom is -0.355 e. The summed E-state index contributed by atoms with van der Waals surface area (Å²) < 4.78 is 28.3. The highest BCUT2D eigenvalue weighted by molar-refractivity contribution is 7.90. The van der Waals surface area contributed by atoms with Crippen molar-refractivity contribution in [1.82, 2.24) is 14.3 Å². The monoisotopic (exact) mass is 482 g/mol. The normalized spacial score (nSPS) is 11.6. The number of aromatic nitrogens is 2. The van der Waals surface area contributed by atoms with E-state index < -0.39 is 10.0 Å². The molecular weight excluding hydrogens is 456 g/mol. The molecule has 0 unspecified atom stereocenters. The maximum absolute atomic E-state index is 13.5. The van der Waals surface area contributed by atoms with E-state index in [9.17, 15) is 8.42 Å². The summed E-state index contributed by atoms with van der Waals surface area (Å²) >= 11 is 0. The van der Waals surface area contributed by atoms with Crippen LogP contribution in [0.5, 0.6) is 0 Å². The predicted molar refractivity (Wildman–Crippen MR) is 141 cm³/mol. The third kappa shape index (κ3) is 4.43. The van der Waals surface area contributed by atoms with E-state index in [0.717, 1.165) is 39.0 Å². The Morgan fingerprint density at radius 2 is 1.74 bits per heavy atom. The Kier molecular flexibility index (Phi) is 6.11. The molecule has 0 bridgehead atoms. The van der Waals surface area contributed by atoms with Crippen LogP contribution in [0.4, 0.5) is 11.4 Å². The Labute approximate surface area is 205 Å². The Balaban J connectivity index is 1.59. The van der Waals surface area contributed by atoms with Gasteiger partial charge in [-0.1, -0.05) is 48.5 Å². The van der Waals surface area contributed by atoms with Gasteiger partial charge >= 0.3 is 0 Å². The van der Waals surface area contributed by atoms with Crippen molar-refractivity contribution >= 4 is 32.3 Å². The second-order valence-corrected chi connectivity index (χ2v) is 10.2. The molecule has 5 aromatic rings. The zero-order chi connectivity index (χ0) is 24.4. The fraction of sp³-hybridized carbons (Fsp3) is 0.107. The highest BCUT2D eigenvalue weighted by Gasteiger charge is 2.21.